The molecule has 0 aromatic heterocycles. The fraction of sp³-hybridized carbons (Fsp3) is 0.375. The second kappa shape index (κ2) is 9.61. The Morgan fingerprint density at radius 1 is 1.12 bits per heavy atom. The molecule has 2 aromatic rings. The lowest BCUT2D eigenvalue weighted by atomic mass is 10.1. The Hall–Kier alpha value is -3.06. The summed E-state index contributed by atoms with van der Waals surface area (Å²) in [5, 5.41) is 9.99. The number of carboxylic acid groups (broad SMARTS) is 1. The molecule has 0 fully saturated rings. The molecule has 0 bridgehead atoms. The van der Waals surface area contributed by atoms with Crippen LogP contribution in [-0.2, 0) is 27.2 Å². The van der Waals surface area contributed by atoms with Crippen LogP contribution in [0.15, 0.2) is 48.5 Å². The van der Waals surface area contributed by atoms with Crippen molar-refractivity contribution in [1.29, 1.82) is 0 Å². The number of hydrogen-bond acceptors (Lipinski definition) is 4. The van der Waals surface area contributed by atoms with E-state index in [1.54, 1.807) is 45.0 Å². The van der Waals surface area contributed by atoms with Gasteiger partial charge >= 0.3 is 12.1 Å². The molecular formula is C24H27ClN2O5. The van der Waals surface area contributed by atoms with Gasteiger partial charge in [-0.15, -0.1) is 0 Å². The summed E-state index contributed by atoms with van der Waals surface area (Å²) < 4.78 is 5.55. The van der Waals surface area contributed by atoms with Crippen LogP contribution in [0.5, 0.6) is 0 Å². The van der Waals surface area contributed by atoms with E-state index in [1.165, 1.54) is 9.80 Å². The zero-order valence-electron chi connectivity index (χ0n) is 18.4. The highest BCUT2D eigenvalue weighted by Crippen LogP contribution is 2.34. The first-order valence-electron chi connectivity index (χ1n) is 10.4. The van der Waals surface area contributed by atoms with E-state index < -0.39 is 36.2 Å². The molecule has 2 aromatic carbocycles. The lowest BCUT2D eigenvalue weighted by Crippen LogP contribution is -2.52. The Morgan fingerprint density at radius 2 is 1.78 bits per heavy atom. The number of fused-ring (bicyclic) bond motifs is 1. The third kappa shape index (κ3) is 5.79. The number of anilines is 1. The van der Waals surface area contributed by atoms with E-state index in [1.807, 2.05) is 24.3 Å². The number of nitrogens with zero attached hydrogens (tertiary/aromatic N) is 2. The maximum Gasteiger partial charge on any atom is 0.415 e. The molecule has 1 aliphatic heterocycles. The molecule has 170 valence electrons. The molecule has 2 amide bonds. The maximum atomic E-state index is 13.5. The van der Waals surface area contributed by atoms with Crippen LogP contribution in [0, 0.1) is 0 Å². The number of carbonyl (C=O) groups excluding carboxylic acids is 2. The number of hydrogen-bond donors (Lipinski definition) is 1. The highest BCUT2D eigenvalue weighted by Gasteiger charge is 2.42. The standard InChI is InChI=1S/C24H27ClN2O5/c1-24(2,3)32-23(31)27-19-7-5-4-6-17(19)14-20(27)22(30)26(15-21(28)29)13-12-16-8-10-18(25)11-9-16/h4-11,20H,12-15H2,1-3H3,(H,28,29)/t20-/m1/s1. The van der Waals surface area contributed by atoms with Gasteiger partial charge in [0.2, 0.25) is 5.91 Å². The smallest absolute Gasteiger partial charge is 0.415 e. The lowest BCUT2D eigenvalue weighted by molar-refractivity contribution is -0.144. The van der Waals surface area contributed by atoms with E-state index >= 15 is 0 Å². The lowest BCUT2D eigenvalue weighted by Gasteiger charge is -2.31. The molecule has 1 heterocycles. The quantitative estimate of drug-likeness (QED) is 0.702. The summed E-state index contributed by atoms with van der Waals surface area (Å²) in [5.74, 6) is -1.54. The fourth-order valence-electron chi connectivity index (χ4n) is 3.68. The van der Waals surface area contributed by atoms with Gasteiger partial charge in [0, 0.05) is 18.0 Å². The van der Waals surface area contributed by atoms with Crippen molar-refractivity contribution in [2.45, 2.75) is 45.3 Å². The molecule has 3 rings (SSSR count). The molecule has 1 atom stereocenters. The van der Waals surface area contributed by atoms with Crippen molar-refractivity contribution in [3.05, 3.63) is 64.7 Å². The van der Waals surface area contributed by atoms with Crippen LogP contribution >= 0.6 is 11.6 Å². The zero-order chi connectivity index (χ0) is 23.5. The van der Waals surface area contributed by atoms with E-state index in [2.05, 4.69) is 0 Å². The average molecular weight is 459 g/mol. The van der Waals surface area contributed by atoms with Crippen LogP contribution in [0.3, 0.4) is 0 Å². The molecule has 0 spiro atoms. The average Bonchev–Trinajstić information content (AvgIpc) is 3.10. The number of halogens is 1. The van der Waals surface area contributed by atoms with Crippen molar-refractivity contribution in [1.82, 2.24) is 4.90 Å². The number of amides is 2. The largest absolute Gasteiger partial charge is 0.480 e. The Morgan fingerprint density at radius 3 is 2.41 bits per heavy atom. The number of carboxylic acids is 1. The van der Waals surface area contributed by atoms with Gasteiger partial charge in [0.1, 0.15) is 18.2 Å². The molecule has 8 heteroatoms. The van der Waals surface area contributed by atoms with E-state index in [0.717, 1.165) is 11.1 Å². The van der Waals surface area contributed by atoms with Crippen LogP contribution < -0.4 is 4.90 Å². The highest BCUT2D eigenvalue weighted by molar-refractivity contribution is 6.30. The Kier molecular flexibility index (Phi) is 7.09. The summed E-state index contributed by atoms with van der Waals surface area (Å²) >= 11 is 5.92. The fourth-order valence-corrected chi connectivity index (χ4v) is 3.80. The first kappa shape index (κ1) is 23.6. The topological polar surface area (TPSA) is 87.2 Å². The van der Waals surface area contributed by atoms with Crippen molar-refractivity contribution in [3.63, 3.8) is 0 Å². The van der Waals surface area contributed by atoms with Gasteiger partial charge in [0.05, 0.1) is 5.69 Å². The predicted molar refractivity (Wildman–Crippen MR) is 122 cm³/mol. The molecule has 0 radical (unpaired) electrons. The molecule has 0 aliphatic carbocycles. The summed E-state index contributed by atoms with van der Waals surface area (Å²) in [5.41, 5.74) is 1.63. The predicted octanol–water partition coefficient (Wildman–Crippen LogP) is 4.16. The number of aliphatic carboxylic acids is 1. The van der Waals surface area contributed by atoms with E-state index in [9.17, 15) is 19.5 Å². The van der Waals surface area contributed by atoms with Gasteiger partial charge in [-0.3, -0.25) is 14.5 Å². The number of benzene rings is 2. The Labute approximate surface area is 192 Å². The van der Waals surface area contributed by atoms with Gasteiger partial charge < -0.3 is 14.7 Å². The number of ether oxygens (including phenoxy) is 1. The summed E-state index contributed by atoms with van der Waals surface area (Å²) in [6.07, 6.45) is 0.127. The van der Waals surface area contributed by atoms with Gasteiger partial charge in [0.25, 0.3) is 0 Å². The summed E-state index contributed by atoms with van der Waals surface area (Å²) in [4.78, 5) is 40.6. The van der Waals surface area contributed by atoms with E-state index in [-0.39, 0.29) is 6.54 Å². The SMILES string of the molecule is CC(C)(C)OC(=O)N1c2ccccc2C[C@@H]1C(=O)N(CCc1ccc(Cl)cc1)CC(=O)O. The Bertz CT molecular complexity index is 1000. The summed E-state index contributed by atoms with van der Waals surface area (Å²) in [6, 6.07) is 13.6. The van der Waals surface area contributed by atoms with Gasteiger partial charge in [-0.1, -0.05) is 41.9 Å². The highest BCUT2D eigenvalue weighted by atomic mass is 35.5. The minimum absolute atomic E-state index is 0.196. The summed E-state index contributed by atoms with van der Waals surface area (Å²) in [7, 11) is 0. The van der Waals surface area contributed by atoms with Gasteiger partial charge in [-0.25, -0.2) is 4.79 Å². The molecule has 1 N–H and O–H groups in total. The van der Waals surface area contributed by atoms with Crippen molar-refractivity contribution in [2.24, 2.45) is 0 Å². The van der Waals surface area contributed by atoms with E-state index in [4.69, 9.17) is 16.3 Å². The van der Waals surface area contributed by atoms with Crippen LogP contribution in [-0.4, -0.2) is 52.7 Å². The van der Waals surface area contributed by atoms with Crippen LogP contribution in [0.1, 0.15) is 31.9 Å². The number of rotatable bonds is 6. The molecule has 7 nitrogen and oxygen atoms in total. The van der Waals surface area contributed by atoms with Gasteiger partial charge in [0.15, 0.2) is 0 Å². The third-order valence-electron chi connectivity index (χ3n) is 5.07. The maximum absolute atomic E-state index is 13.5. The molecule has 32 heavy (non-hydrogen) atoms. The van der Waals surface area contributed by atoms with Crippen molar-refractivity contribution < 1.29 is 24.2 Å². The first-order valence-corrected chi connectivity index (χ1v) is 10.8. The van der Waals surface area contributed by atoms with Gasteiger partial charge in [-0.2, -0.15) is 0 Å². The molecule has 1 aliphatic rings. The van der Waals surface area contributed by atoms with Gasteiger partial charge in [-0.05, 0) is 56.5 Å². The first-order chi connectivity index (χ1) is 15.0. The Balaban J connectivity index is 1.85. The normalized spacial score (nSPS) is 15.2. The molecule has 0 unspecified atom stereocenters. The number of para-hydroxylation sites is 1. The minimum atomic E-state index is -1.12. The van der Waals surface area contributed by atoms with Crippen LogP contribution in [0.25, 0.3) is 0 Å². The molecular weight excluding hydrogens is 432 g/mol. The van der Waals surface area contributed by atoms with Crippen molar-refractivity contribution >= 4 is 35.3 Å². The van der Waals surface area contributed by atoms with Crippen LogP contribution in [0.4, 0.5) is 10.5 Å². The van der Waals surface area contributed by atoms with E-state index in [0.29, 0.717) is 23.6 Å². The van der Waals surface area contributed by atoms with Crippen molar-refractivity contribution in [2.75, 3.05) is 18.0 Å². The minimum Gasteiger partial charge on any atom is -0.480 e. The second-order valence-corrected chi connectivity index (χ2v) is 9.17. The second-order valence-electron chi connectivity index (χ2n) is 8.73. The molecule has 0 saturated heterocycles. The zero-order valence-corrected chi connectivity index (χ0v) is 19.1. The van der Waals surface area contributed by atoms with Crippen LogP contribution in [0.2, 0.25) is 5.02 Å². The summed E-state index contributed by atoms with van der Waals surface area (Å²) in [6.45, 7) is 5.01. The third-order valence-corrected chi connectivity index (χ3v) is 5.32. The van der Waals surface area contributed by atoms with Crippen molar-refractivity contribution in [3.8, 4) is 0 Å². The number of carbonyl (C=O) groups is 3. The monoisotopic (exact) mass is 458 g/mol. The molecule has 0 saturated carbocycles.